The standard InChI is InChI=1S/C42H44N2OS2/c1-33(43-26-27-46-41(30-43)35-14-6-2-7-15-35)31-45-39-24-22-34(23-25-39)28-40-29-44(32-47-40)42(36-16-8-3-9-17-36,37-18-10-4-11-19-37)38-20-12-5-13-21-38/h2-25,33,40-41H,26-32H2,1H3. The zero-order valence-electron chi connectivity index (χ0n) is 27.2. The quantitative estimate of drug-likeness (QED) is 0.131. The molecule has 2 fully saturated rings. The summed E-state index contributed by atoms with van der Waals surface area (Å²) >= 11 is 4.15. The van der Waals surface area contributed by atoms with E-state index in [-0.39, 0.29) is 5.54 Å². The van der Waals surface area contributed by atoms with Crippen LogP contribution in [0.3, 0.4) is 0 Å². The monoisotopic (exact) mass is 656 g/mol. The highest BCUT2D eigenvalue weighted by molar-refractivity contribution is 8.00. The molecule has 47 heavy (non-hydrogen) atoms. The van der Waals surface area contributed by atoms with Crippen molar-refractivity contribution in [2.24, 2.45) is 0 Å². The number of ether oxygens (including phenoxy) is 1. The summed E-state index contributed by atoms with van der Waals surface area (Å²) in [6.07, 6.45) is 1.04. The number of thioether (sulfide) groups is 2. The maximum atomic E-state index is 6.33. The largest absolute Gasteiger partial charge is 0.492 e. The van der Waals surface area contributed by atoms with Crippen molar-refractivity contribution >= 4 is 23.5 Å². The summed E-state index contributed by atoms with van der Waals surface area (Å²) in [4.78, 5) is 5.29. The number of hydrogen-bond donors (Lipinski definition) is 0. The summed E-state index contributed by atoms with van der Waals surface area (Å²) in [5.41, 5.74) is 6.39. The lowest BCUT2D eigenvalue weighted by Gasteiger charge is -2.43. The Hall–Kier alpha value is -3.48. The van der Waals surface area contributed by atoms with E-state index in [1.807, 2.05) is 0 Å². The van der Waals surface area contributed by atoms with E-state index in [1.165, 1.54) is 33.6 Å². The normalized spacial score (nSPS) is 19.8. The van der Waals surface area contributed by atoms with Crippen molar-refractivity contribution in [2.75, 3.05) is 37.9 Å². The fourth-order valence-electron chi connectivity index (χ4n) is 7.24. The molecule has 3 atom stereocenters. The molecule has 0 aromatic heterocycles. The summed E-state index contributed by atoms with van der Waals surface area (Å²) in [6, 6.07) is 53.4. The minimum atomic E-state index is -0.353. The van der Waals surface area contributed by atoms with Crippen LogP contribution in [0, 0.1) is 0 Å². The van der Waals surface area contributed by atoms with Crippen molar-refractivity contribution in [3.8, 4) is 5.75 Å². The van der Waals surface area contributed by atoms with Crippen molar-refractivity contribution < 1.29 is 4.74 Å². The van der Waals surface area contributed by atoms with E-state index >= 15 is 0 Å². The molecule has 3 unspecified atom stereocenters. The van der Waals surface area contributed by atoms with E-state index < -0.39 is 0 Å². The second-order valence-electron chi connectivity index (χ2n) is 12.7. The molecule has 2 saturated heterocycles. The zero-order chi connectivity index (χ0) is 31.9. The minimum Gasteiger partial charge on any atom is -0.492 e. The van der Waals surface area contributed by atoms with Crippen LogP contribution in [0.25, 0.3) is 0 Å². The highest BCUT2D eigenvalue weighted by atomic mass is 32.2. The molecule has 7 rings (SSSR count). The molecule has 5 aromatic rings. The number of rotatable bonds is 11. The average molecular weight is 657 g/mol. The van der Waals surface area contributed by atoms with E-state index in [0.717, 1.165) is 37.7 Å². The first-order valence-electron chi connectivity index (χ1n) is 16.9. The number of benzene rings is 5. The van der Waals surface area contributed by atoms with Gasteiger partial charge in [0, 0.05) is 47.8 Å². The van der Waals surface area contributed by atoms with Gasteiger partial charge in [0.1, 0.15) is 12.4 Å². The summed E-state index contributed by atoms with van der Waals surface area (Å²) < 4.78 is 6.33. The van der Waals surface area contributed by atoms with Crippen LogP contribution in [0.2, 0.25) is 0 Å². The Bertz CT molecular complexity index is 1570. The summed E-state index contributed by atoms with van der Waals surface area (Å²) in [5, 5.41) is 1.04. The van der Waals surface area contributed by atoms with E-state index in [9.17, 15) is 0 Å². The zero-order valence-corrected chi connectivity index (χ0v) is 28.8. The maximum absolute atomic E-state index is 6.33. The van der Waals surface area contributed by atoms with E-state index in [4.69, 9.17) is 4.74 Å². The maximum Gasteiger partial charge on any atom is 0.119 e. The molecule has 240 valence electrons. The molecule has 5 heteroatoms. The van der Waals surface area contributed by atoms with Gasteiger partial charge < -0.3 is 4.74 Å². The summed E-state index contributed by atoms with van der Waals surface area (Å²) in [7, 11) is 0. The molecule has 0 spiro atoms. The first kappa shape index (κ1) is 32.1. The molecule has 0 amide bonds. The van der Waals surface area contributed by atoms with Gasteiger partial charge in [0.25, 0.3) is 0 Å². The van der Waals surface area contributed by atoms with Gasteiger partial charge in [-0.2, -0.15) is 11.8 Å². The van der Waals surface area contributed by atoms with Crippen LogP contribution in [0.1, 0.15) is 40.0 Å². The fraction of sp³-hybridized carbons (Fsp3) is 0.286. The minimum absolute atomic E-state index is 0.353. The third-order valence-electron chi connectivity index (χ3n) is 9.71. The third-order valence-corrected chi connectivity index (χ3v) is 12.2. The van der Waals surface area contributed by atoms with Gasteiger partial charge in [-0.1, -0.05) is 133 Å². The Balaban J connectivity index is 1.01. The molecule has 2 aliphatic rings. The number of hydrogen-bond acceptors (Lipinski definition) is 5. The Morgan fingerprint density at radius 3 is 1.81 bits per heavy atom. The lowest BCUT2D eigenvalue weighted by molar-refractivity contribution is 0.150. The van der Waals surface area contributed by atoms with E-state index in [2.05, 4.69) is 186 Å². The van der Waals surface area contributed by atoms with Gasteiger partial charge in [-0.15, -0.1) is 11.8 Å². The van der Waals surface area contributed by atoms with E-state index in [0.29, 0.717) is 23.1 Å². The molecule has 0 aliphatic carbocycles. The highest BCUT2D eigenvalue weighted by Crippen LogP contribution is 2.46. The topological polar surface area (TPSA) is 15.7 Å². The van der Waals surface area contributed by atoms with Gasteiger partial charge in [0.2, 0.25) is 0 Å². The van der Waals surface area contributed by atoms with Crippen molar-refractivity contribution in [2.45, 2.75) is 35.4 Å². The predicted octanol–water partition coefficient (Wildman–Crippen LogP) is 9.15. The predicted molar refractivity (Wildman–Crippen MR) is 200 cm³/mol. The summed E-state index contributed by atoms with van der Waals surface area (Å²) in [5.74, 6) is 3.10. The van der Waals surface area contributed by atoms with Gasteiger partial charge in [-0.3, -0.25) is 9.80 Å². The Morgan fingerprint density at radius 1 is 0.681 bits per heavy atom. The van der Waals surface area contributed by atoms with Crippen LogP contribution in [0.5, 0.6) is 5.75 Å². The second-order valence-corrected chi connectivity index (χ2v) is 15.3. The average Bonchev–Trinajstić information content (AvgIpc) is 3.61. The van der Waals surface area contributed by atoms with Gasteiger partial charge in [0.15, 0.2) is 0 Å². The molecular formula is C42H44N2OS2. The Labute approximate surface area is 289 Å². The van der Waals surface area contributed by atoms with Crippen molar-refractivity contribution in [1.29, 1.82) is 0 Å². The molecule has 0 N–H and O–H groups in total. The van der Waals surface area contributed by atoms with Crippen molar-refractivity contribution in [1.82, 2.24) is 9.80 Å². The lowest BCUT2D eigenvalue weighted by atomic mass is 9.75. The molecule has 3 nitrogen and oxygen atoms in total. The van der Waals surface area contributed by atoms with Gasteiger partial charge >= 0.3 is 0 Å². The molecule has 2 heterocycles. The van der Waals surface area contributed by atoms with Crippen molar-refractivity contribution in [3.05, 3.63) is 173 Å². The first-order valence-corrected chi connectivity index (χ1v) is 19.0. The molecule has 2 aliphatic heterocycles. The fourth-order valence-corrected chi connectivity index (χ4v) is 9.79. The SMILES string of the molecule is CC(COc1ccc(CC2CN(C(c3ccccc3)(c3ccccc3)c3ccccc3)CS2)cc1)N1CCSC(c2ccccc2)C1. The van der Waals surface area contributed by atoms with Crippen LogP contribution in [-0.2, 0) is 12.0 Å². The molecule has 5 aromatic carbocycles. The molecule has 0 saturated carbocycles. The van der Waals surface area contributed by atoms with Crippen LogP contribution in [0.15, 0.2) is 146 Å². The number of nitrogens with zero attached hydrogens (tertiary/aromatic N) is 2. The lowest BCUT2D eigenvalue weighted by Crippen LogP contribution is -2.47. The van der Waals surface area contributed by atoms with Gasteiger partial charge in [-0.05, 0) is 53.3 Å². The Morgan fingerprint density at radius 2 is 1.23 bits per heavy atom. The Kier molecular flexibility index (Phi) is 10.4. The van der Waals surface area contributed by atoms with Crippen molar-refractivity contribution in [3.63, 3.8) is 0 Å². The van der Waals surface area contributed by atoms with Crippen LogP contribution in [-0.4, -0.2) is 59.0 Å². The first-order chi connectivity index (χ1) is 23.2. The smallest absolute Gasteiger partial charge is 0.119 e. The molecule has 0 bridgehead atoms. The van der Waals surface area contributed by atoms with Crippen LogP contribution in [0.4, 0.5) is 0 Å². The van der Waals surface area contributed by atoms with E-state index in [1.54, 1.807) is 0 Å². The molecular weight excluding hydrogens is 613 g/mol. The molecule has 0 radical (unpaired) electrons. The van der Waals surface area contributed by atoms with Crippen LogP contribution < -0.4 is 4.74 Å². The third kappa shape index (κ3) is 7.19. The van der Waals surface area contributed by atoms with Crippen LogP contribution >= 0.6 is 23.5 Å². The summed E-state index contributed by atoms with van der Waals surface area (Å²) in [6.45, 7) is 6.22. The van der Waals surface area contributed by atoms with Gasteiger partial charge in [-0.25, -0.2) is 0 Å². The second kappa shape index (κ2) is 15.2. The highest BCUT2D eigenvalue weighted by Gasteiger charge is 2.45. The van der Waals surface area contributed by atoms with Gasteiger partial charge in [0.05, 0.1) is 5.54 Å².